The fourth-order valence-corrected chi connectivity index (χ4v) is 4.34. The molecule has 2 rings (SSSR count). The lowest BCUT2D eigenvalue weighted by Gasteiger charge is -2.29. The van der Waals surface area contributed by atoms with Gasteiger partial charge in [0.2, 0.25) is 0 Å². The predicted octanol–water partition coefficient (Wildman–Crippen LogP) is 4.45. The molecule has 17 heavy (non-hydrogen) atoms. The lowest BCUT2D eigenvalue weighted by molar-refractivity contribution is 0.351. The van der Waals surface area contributed by atoms with E-state index >= 15 is 0 Å². The van der Waals surface area contributed by atoms with Crippen molar-refractivity contribution in [3.63, 3.8) is 0 Å². The molecule has 0 amide bonds. The molecule has 0 heterocycles. The number of rotatable bonds is 4. The molecule has 0 aromatic heterocycles. The maximum Gasteiger partial charge on any atom is 0.0311 e. The first kappa shape index (κ1) is 13.4. The van der Waals surface area contributed by atoms with E-state index in [4.69, 9.17) is 5.73 Å². The minimum atomic E-state index is 0.578. The van der Waals surface area contributed by atoms with Gasteiger partial charge in [-0.1, -0.05) is 31.4 Å². The van der Waals surface area contributed by atoms with Gasteiger partial charge in [-0.15, -0.1) is 11.8 Å². The van der Waals surface area contributed by atoms with Crippen molar-refractivity contribution < 1.29 is 0 Å². The first-order valence-electron chi connectivity index (χ1n) is 6.42. The zero-order valence-electron chi connectivity index (χ0n) is 10.1. The van der Waals surface area contributed by atoms with Gasteiger partial charge < -0.3 is 5.73 Å². The van der Waals surface area contributed by atoms with Crippen molar-refractivity contribution in [1.82, 2.24) is 0 Å². The molecule has 1 fully saturated rings. The van der Waals surface area contributed by atoms with Crippen LogP contribution in [0.3, 0.4) is 0 Å². The number of hydrogen-bond donors (Lipinski definition) is 1. The van der Waals surface area contributed by atoms with Crippen LogP contribution in [-0.2, 0) is 0 Å². The Morgan fingerprint density at radius 1 is 1.24 bits per heavy atom. The monoisotopic (exact) mass is 313 g/mol. The molecule has 1 atom stereocenters. The minimum Gasteiger partial charge on any atom is -0.329 e. The maximum absolute atomic E-state index is 5.97. The average molecular weight is 314 g/mol. The van der Waals surface area contributed by atoms with Crippen LogP contribution in [0.1, 0.15) is 32.1 Å². The van der Waals surface area contributed by atoms with Gasteiger partial charge >= 0.3 is 0 Å². The van der Waals surface area contributed by atoms with Crippen molar-refractivity contribution in [2.45, 2.75) is 42.2 Å². The molecular formula is C14H20BrNS. The second-order valence-corrected chi connectivity index (χ2v) is 6.86. The second kappa shape index (κ2) is 6.81. The van der Waals surface area contributed by atoms with E-state index < -0.39 is 0 Å². The van der Waals surface area contributed by atoms with Gasteiger partial charge in [-0.2, -0.15) is 0 Å². The van der Waals surface area contributed by atoms with Crippen molar-refractivity contribution in [3.05, 3.63) is 28.7 Å². The smallest absolute Gasteiger partial charge is 0.0311 e. The standard InChI is InChI=1S/C14H20BrNS/c15-12-8-4-5-9-13(12)17-14(10-16)11-6-2-1-3-7-11/h4-5,8-9,11,14H,1-3,6-7,10,16H2. The molecule has 1 unspecified atom stereocenters. The lowest BCUT2D eigenvalue weighted by Crippen LogP contribution is -2.27. The van der Waals surface area contributed by atoms with Crippen molar-refractivity contribution in [3.8, 4) is 0 Å². The number of hydrogen-bond acceptors (Lipinski definition) is 2. The van der Waals surface area contributed by atoms with Gasteiger partial charge in [0.25, 0.3) is 0 Å². The van der Waals surface area contributed by atoms with Crippen LogP contribution in [0, 0.1) is 5.92 Å². The van der Waals surface area contributed by atoms with Crippen LogP contribution in [0.4, 0.5) is 0 Å². The van der Waals surface area contributed by atoms with E-state index in [1.54, 1.807) is 0 Å². The van der Waals surface area contributed by atoms with E-state index in [1.807, 2.05) is 11.8 Å². The van der Waals surface area contributed by atoms with E-state index in [-0.39, 0.29) is 0 Å². The summed E-state index contributed by atoms with van der Waals surface area (Å²) in [5, 5.41) is 0.578. The van der Waals surface area contributed by atoms with Crippen LogP contribution in [0.2, 0.25) is 0 Å². The zero-order chi connectivity index (χ0) is 12.1. The Morgan fingerprint density at radius 3 is 2.59 bits per heavy atom. The van der Waals surface area contributed by atoms with Crippen LogP contribution in [0.25, 0.3) is 0 Å². The number of nitrogens with two attached hydrogens (primary N) is 1. The molecule has 1 aliphatic rings. The molecule has 2 N–H and O–H groups in total. The summed E-state index contributed by atoms with van der Waals surface area (Å²) in [6, 6.07) is 8.45. The van der Waals surface area contributed by atoms with Gasteiger partial charge in [-0.3, -0.25) is 0 Å². The first-order chi connectivity index (χ1) is 8.31. The number of thioether (sulfide) groups is 1. The largest absolute Gasteiger partial charge is 0.329 e. The highest BCUT2D eigenvalue weighted by atomic mass is 79.9. The fourth-order valence-electron chi connectivity index (χ4n) is 2.55. The normalized spacial score (nSPS) is 19.2. The van der Waals surface area contributed by atoms with Crippen LogP contribution in [0.5, 0.6) is 0 Å². The highest BCUT2D eigenvalue weighted by molar-refractivity contribution is 9.10. The molecule has 1 aromatic carbocycles. The van der Waals surface area contributed by atoms with Crippen LogP contribution >= 0.6 is 27.7 Å². The molecule has 0 saturated heterocycles. The summed E-state index contributed by atoms with van der Waals surface area (Å²) in [5.74, 6) is 0.811. The van der Waals surface area contributed by atoms with Crippen LogP contribution in [0.15, 0.2) is 33.6 Å². The van der Waals surface area contributed by atoms with Gasteiger partial charge in [-0.05, 0) is 46.8 Å². The van der Waals surface area contributed by atoms with Crippen molar-refractivity contribution in [2.24, 2.45) is 11.7 Å². The Balaban J connectivity index is 2.01. The van der Waals surface area contributed by atoms with Crippen molar-refractivity contribution in [1.29, 1.82) is 0 Å². The van der Waals surface area contributed by atoms with Crippen LogP contribution in [-0.4, -0.2) is 11.8 Å². The van der Waals surface area contributed by atoms with E-state index in [0.717, 1.165) is 12.5 Å². The highest BCUT2D eigenvalue weighted by Gasteiger charge is 2.23. The molecule has 0 spiro atoms. The van der Waals surface area contributed by atoms with Crippen LogP contribution < -0.4 is 5.73 Å². The molecule has 0 bridgehead atoms. The second-order valence-electron chi connectivity index (χ2n) is 4.72. The fraction of sp³-hybridized carbons (Fsp3) is 0.571. The molecule has 1 saturated carbocycles. The SMILES string of the molecule is NCC(Sc1ccccc1Br)C1CCCCC1. The average Bonchev–Trinajstić information content (AvgIpc) is 2.39. The molecule has 1 aliphatic carbocycles. The molecule has 1 aromatic rings. The molecule has 0 radical (unpaired) electrons. The minimum absolute atomic E-state index is 0.578. The highest BCUT2D eigenvalue weighted by Crippen LogP contribution is 2.38. The van der Waals surface area contributed by atoms with E-state index in [9.17, 15) is 0 Å². The zero-order valence-corrected chi connectivity index (χ0v) is 12.5. The third-order valence-corrected chi connectivity index (χ3v) is 5.97. The van der Waals surface area contributed by atoms with Gasteiger partial charge in [0.15, 0.2) is 0 Å². The van der Waals surface area contributed by atoms with Crippen molar-refractivity contribution >= 4 is 27.7 Å². The molecule has 3 heteroatoms. The van der Waals surface area contributed by atoms with E-state index in [1.165, 1.54) is 41.5 Å². The third kappa shape index (κ3) is 3.73. The number of benzene rings is 1. The topological polar surface area (TPSA) is 26.0 Å². The summed E-state index contributed by atoms with van der Waals surface area (Å²) in [7, 11) is 0. The predicted molar refractivity (Wildman–Crippen MR) is 79.4 cm³/mol. The Bertz CT molecular complexity index is 350. The third-order valence-electron chi connectivity index (χ3n) is 3.52. The Hall–Kier alpha value is 0.01000. The summed E-state index contributed by atoms with van der Waals surface area (Å²) >= 11 is 5.57. The molecular weight excluding hydrogens is 294 g/mol. The summed E-state index contributed by atoms with van der Waals surface area (Å²) in [6.45, 7) is 0.788. The van der Waals surface area contributed by atoms with Gasteiger partial charge in [0.1, 0.15) is 0 Å². The van der Waals surface area contributed by atoms with Gasteiger partial charge in [-0.25, -0.2) is 0 Å². The molecule has 0 aliphatic heterocycles. The van der Waals surface area contributed by atoms with E-state index in [2.05, 4.69) is 40.2 Å². The first-order valence-corrected chi connectivity index (χ1v) is 8.10. The van der Waals surface area contributed by atoms with Gasteiger partial charge in [0, 0.05) is 21.2 Å². The molecule has 94 valence electrons. The molecule has 1 nitrogen and oxygen atoms in total. The summed E-state index contributed by atoms with van der Waals surface area (Å²) in [5.41, 5.74) is 5.97. The Labute approximate surface area is 117 Å². The number of halogens is 1. The Morgan fingerprint density at radius 2 is 1.94 bits per heavy atom. The summed E-state index contributed by atoms with van der Waals surface area (Å²) in [6.07, 6.45) is 6.90. The summed E-state index contributed by atoms with van der Waals surface area (Å²) < 4.78 is 1.19. The summed E-state index contributed by atoms with van der Waals surface area (Å²) in [4.78, 5) is 1.33. The van der Waals surface area contributed by atoms with Crippen molar-refractivity contribution in [2.75, 3.05) is 6.54 Å². The van der Waals surface area contributed by atoms with Gasteiger partial charge in [0.05, 0.1) is 0 Å². The lowest BCUT2D eigenvalue weighted by atomic mass is 9.87. The quantitative estimate of drug-likeness (QED) is 0.831. The van der Waals surface area contributed by atoms with E-state index in [0.29, 0.717) is 5.25 Å². The Kier molecular flexibility index (Phi) is 5.39. The maximum atomic E-state index is 5.97.